The normalized spacial score (nSPS) is 14.6. The van der Waals surface area contributed by atoms with Crippen LogP contribution < -0.4 is 15.0 Å². The summed E-state index contributed by atoms with van der Waals surface area (Å²) in [7, 11) is 1.63. The van der Waals surface area contributed by atoms with E-state index in [1.54, 1.807) is 7.11 Å². The number of aryl methyl sites for hydroxylation is 2. The quantitative estimate of drug-likeness (QED) is 0.687. The molecule has 0 aliphatic carbocycles. The first-order chi connectivity index (χ1) is 14.6. The molecule has 0 spiro atoms. The molecule has 0 radical (unpaired) electrons. The molecule has 156 valence electrons. The van der Waals surface area contributed by atoms with Gasteiger partial charge in [0.15, 0.2) is 5.82 Å². The van der Waals surface area contributed by atoms with Gasteiger partial charge < -0.3 is 19.5 Å². The number of nitrogens with zero attached hydrogens (tertiary/aromatic N) is 3. The Morgan fingerprint density at radius 2 is 1.70 bits per heavy atom. The van der Waals surface area contributed by atoms with Crippen LogP contribution in [0.2, 0.25) is 0 Å². The van der Waals surface area contributed by atoms with E-state index in [9.17, 15) is 4.79 Å². The molecule has 0 bridgehead atoms. The standard InChI is InChI=1S/C24H28N4O2/c1-17-6-7-18(2)28(17)22-5-4-14-25-23(22)27-15-12-19(13-16-27)24(29)26-20-8-10-21(30-3)11-9-20/h4-11,14,19H,12-13,15-16H2,1-3H3,(H,26,29). The van der Waals surface area contributed by atoms with Gasteiger partial charge in [-0.3, -0.25) is 4.79 Å². The minimum Gasteiger partial charge on any atom is -0.497 e. The third-order valence-corrected chi connectivity index (χ3v) is 5.80. The number of rotatable bonds is 5. The lowest BCUT2D eigenvalue weighted by atomic mass is 9.95. The van der Waals surface area contributed by atoms with E-state index in [4.69, 9.17) is 4.74 Å². The Morgan fingerprint density at radius 1 is 1.03 bits per heavy atom. The Bertz CT molecular complexity index is 998. The number of carbonyl (C=O) groups excluding carboxylic acids is 1. The molecule has 1 N–H and O–H groups in total. The average molecular weight is 405 g/mol. The third kappa shape index (κ3) is 4.03. The maximum Gasteiger partial charge on any atom is 0.227 e. The van der Waals surface area contributed by atoms with Crippen LogP contribution in [0, 0.1) is 19.8 Å². The second kappa shape index (κ2) is 8.61. The number of methoxy groups -OCH3 is 1. The monoisotopic (exact) mass is 404 g/mol. The van der Waals surface area contributed by atoms with Crippen LogP contribution in [0.25, 0.3) is 5.69 Å². The molecule has 6 heteroatoms. The lowest BCUT2D eigenvalue weighted by Gasteiger charge is -2.33. The van der Waals surface area contributed by atoms with Gasteiger partial charge in [-0.2, -0.15) is 0 Å². The van der Waals surface area contributed by atoms with Crippen LogP contribution in [0.15, 0.2) is 54.7 Å². The summed E-state index contributed by atoms with van der Waals surface area (Å²) in [5.41, 5.74) is 4.28. The number of carbonyl (C=O) groups is 1. The van der Waals surface area contributed by atoms with E-state index in [0.29, 0.717) is 0 Å². The van der Waals surface area contributed by atoms with E-state index < -0.39 is 0 Å². The van der Waals surface area contributed by atoms with Crippen LogP contribution in [0.3, 0.4) is 0 Å². The van der Waals surface area contributed by atoms with Gasteiger partial charge in [-0.1, -0.05) is 0 Å². The molecular weight excluding hydrogens is 376 g/mol. The van der Waals surface area contributed by atoms with Crippen molar-refractivity contribution in [1.82, 2.24) is 9.55 Å². The second-order valence-corrected chi connectivity index (χ2v) is 7.78. The molecule has 4 rings (SSSR count). The summed E-state index contributed by atoms with van der Waals surface area (Å²) >= 11 is 0. The number of ether oxygens (including phenoxy) is 1. The van der Waals surface area contributed by atoms with E-state index in [2.05, 4.69) is 51.8 Å². The van der Waals surface area contributed by atoms with Crippen LogP contribution in [-0.4, -0.2) is 35.7 Å². The third-order valence-electron chi connectivity index (χ3n) is 5.80. The van der Waals surface area contributed by atoms with Crippen LogP contribution in [0.5, 0.6) is 5.75 Å². The number of aromatic nitrogens is 2. The van der Waals surface area contributed by atoms with E-state index in [-0.39, 0.29) is 11.8 Å². The van der Waals surface area contributed by atoms with Crippen molar-refractivity contribution < 1.29 is 9.53 Å². The first kappa shape index (κ1) is 20.0. The van der Waals surface area contributed by atoms with Gasteiger partial charge in [0.2, 0.25) is 5.91 Å². The lowest BCUT2D eigenvalue weighted by molar-refractivity contribution is -0.120. The van der Waals surface area contributed by atoms with Gasteiger partial charge >= 0.3 is 0 Å². The fourth-order valence-electron chi connectivity index (χ4n) is 4.13. The fourth-order valence-corrected chi connectivity index (χ4v) is 4.13. The largest absolute Gasteiger partial charge is 0.497 e. The van der Waals surface area contributed by atoms with Gasteiger partial charge in [0.25, 0.3) is 0 Å². The smallest absolute Gasteiger partial charge is 0.227 e. The lowest BCUT2D eigenvalue weighted by Crippen LogP contribution is -2.39. The molecule has 1 aliphatic rings. The van der Waals surface area contributed by atoms with Crippen LogP contribution in [0.4, 0.5) is 11.5 Å². The van der Waals surface area contributed by atoms with Crippen LogP contribution in [0.1, 0.15) is 24.2 Å². The molecular formula is C24H28N4O2. The van der Waals surface area contributed by atoms with Crippen molar-refractivity contribution in [3.8, 4) is 11.4 Å². The number of pyridine rings is 1. The van der Waals surface area contributed by atoms with Crippen molar-refractivity contribution in [2.45, 2.75) is 26.7 Å². The van der Waals surface area contributed by atoms with Gasteiger partial charge in [0.1, 0.15) is 5.75 Å². The Hall–Kier alpha value is -3.28. The number of anilines is 2. The predicted molar refractivity (Wildman–Crippen MR) is 120 cm³/mol. The number of hydrogen-bond acceptors (Lipinski definition) is 4. The topological polar surface area (TPSA) is 59.4 Å². The molecule has 0 atom stereocenters. The first-order valence-corrected chi connectivity index (χ1v) is 10.4. The summed E-state index contributed by atoms with van der Waals surface area (Å²) in [5.74, 6) is 1.85. The molecule has 1 aliphatic heterocycles. The van der Waals surface area contributed by atoms with Gasteiger partial charge in [-0.05, 0) is 75.2 Å². The minimum absolute atomic E-state index is 0.00515. The molecule has 1 aromatic carbocycles. The Labute approximate surface area is 177 Å². The van der Waals surface area contributed by atoms with Gasteiger partial charge in [-0.15, -0.1) is 0 Å². The van der Waals surface area contributed by atoms with E-state index in [0.717, 1.165) is 48.9 Å². The van der Waals surface area contributed by atoms with Crippen LogP contribution >= 0.6 is 0 Å². The zero-order chi connectivity index (χ0) is 21.1. The highest BCUT2D eigenvalue weighted by Crippen LogP contribution is 2.29. The number of benzene rings is 1. The summed E-state index contributed by atoms with van der Waals surface area (Å²) in [6.45, 7) is 5.84. The van der Waals surface area contributed by atoms with Gasteiger partial charge in [0.05, 0.1) is 12.8 Å². The van der Waals surface area contributed by atoms with Crippen molar-refractivity contribution in [3.05, 3.63) is 66.1 Å². The van der Waals surface area contributed by atoms with Crippen molar-refractivity contribution in [3.63, 3.8) is 0 Å². The molecule has 3 heterocycles. The number of hydrogen-bond donors (Lipinski definition) is 1. The van der Waals surface area contributed by atoms with Crippen molar-refractivity contribution in [2.24, 2.45) is 5.92 Å². The number of amides is 1. The molecule has 3 aromatic rings. The summed E-state index contributed by atoms with van der Waals surface area (Å²) in [5, 5.41) is 3.03. The summed E-state index contributed by atoms with van der Waals surface area (Å²) < 4.78 is 7.41. The van der Waals surface area contributed by atoms with E-state index in [1.807, 2.05) is 36.5 Å². The molecule has 30 heavy (non-hydrogen) atoms. The zero-order valence-electron chi connectivity index (χ0n) is 17.8. The van der Waals surface area contributed by atoms with Crippen LogP contribution in [-0.2, 0) is 4.79 Å². The summed E-state index contributed by atoms with van der Waals surface area (Å²) in [6, 6.07) is 15.8. The Morgan fingerprint density at radius 3 is 2.33 bits per heavy atom. The highest BCUT2D eigenvalue weighted by molar-refractivity contribution is 5.92. The summed E-state index contributed by atoms with van der Waals surface area (Å²) in [4.78, 5) is 19.7. The highest BCUT2D eigenvalue weighted by atomic mass is 16.5. The van der Waals surface area contributed by atoms with Crippen molar-refractivity contribution >= 4 is 17.4 Å². The van der Waals surface area contributed by atoms with Crippen molar-refractivity contribution in [1.29, 1.82) is 0 Å². The van der Waals surface area contributed by atoms with E-state index >= 15 is 0 Å². The van der Waals surface area contributed by atoms with E-state index in [1.165, 1.54) is 11.4 Å². The van der Waals surface area contributed by atoms with Gasteiger partial charge in [-0.25, -0.2) is 4.98 Å². The molecule has 1 fully saturated rings. The number of nitrogens with one attached hydrogen (secondary N) is 1. The Balaban J connectivity index is 1.43. The second-order valence-electron chi connectivity index (χ2n) is 7.78. The molecule has 0 saturated carbocycles. The number of piperidine rings is 1. The maximum atomic E-state index is 12.7. The SMILES string of the molecule is COc1ccc(NC(=O)C2CCN(c3ncccc3-n3c(C)ccc3C)CC2)cc1. The minimum atomic E-state index is 0.00515. The summed E-state index contributed by atoms with van der Waals surface area (Å²) in [6.07, 6.45) is 3.46. The maximum absolute atomic E-state index is 12.7. The molecule has 2 aromatic heterocycles. The highest BCUT2D eigenvalue weighted by Gasteiger charge is 2.27. The predicted octanol–water partition coefficient (Wildman–Crippen LogP) is 4.35. The molecule has 6 nitrogen and oxygen atoms in total. The zero-order valence-corrected chi connectivity index (χ0v) is 17.8. The molecule has 1 amide bonds. The molecule has 0 unspecified atom stereocenters. The van der Waals surface area contributed by atoms with Crippen molar-refractivity contribution in [2.75, 3.05) is 30.4 Å². The average Bonchev–Trinajstić information content (AvgIpc) is 3.12. The van der Waals surface area contributed by atoms with Gasteiger partial charge in [0, 0.05) is 42.3 Å². The molecule has 1 saturated heterocycles. The fraction of sp³-hybridized carbons (Fsp3) is 0.333. The Kier molecular flexibility index (Phi) is 5.74. The first-order valence-electron chi connectivity index (χ1n) is 10.4.